The van der Waals surface area contributed by atoms with Gasteiger partial charge in [-0.3, -0.25) is 0 Å². The number of hydrogen-bond acceptors (Lipinski definition) is 4. The second-order valence-electron chi connectivity index (χ2n) is 5.22. The van der Waals surface area contributed by atoms with Crippen LogP contribution < -0.4 is 4.74 Å². The molecule has 0 spiro atoms. The average Bonchev–Trinajstić information content (AvgIpc) is 2.94. The van der Waals surface area contributed by atoms with Crippen LogP contribution in [0.25, 0.3) is 0 Å². The Morgan fingerprint density at radius 1 is 1.12 bits per heavy atom. The van der Waals surface area contributed by atoms with Crippen LogP contribution in [-0.2, 0) is 19.4 Å². The molecule has 3 aromatic rings. The maximum atomic E-state index is 13.1. The molecule has 0 fully saturated rings. The van der Waals surface area contributed by atoms with E-state index in [-0.39, 0.29) is 5.82 Å². The molecule has 0 atom stereocenters. The Labute approximate surface area is 158 Å². The van der Waals surface area contributed by atoms with Crippen LogP contribution >= 0.6 is 35.0 Å². The number of ether oxygens (including phenoxy) is 1. The summed E-state index contributed by atoms with van der Waals surface area (Å²) in [6.07, 6.45) is 0. The summed E-state index contributed by atoms with van der Waals surface area (Å²) in [4.78, 5) is 0. The zero-order chi connectivity index (χ0) is 17.8. The largest absolute Gasteiger partial charge is 0.486 e. The van der Waals surface area contributed by atoms with Gasteiger partial charge in [0.25, 0.3) is 0 Å². The summed E-state index contributed by atoms with van der Waals surface area (Å²) in [6.45, 7) is 0.295. The van der Waals surface area contributed by atoms with Gasteiger partial charge >= 0.3 is 0 Å². The minimum absolute atomic E-state index is 0.295. The summed E-state index contributed by atoms with van der Waals surface area (Å²) >= 11 is 13.4. The van der Waals surface area contributed by atoms with Gasteiger partial charge < -0.3 is 9.30 Å². The van der Waals surface area contributed by atoms with Crippen molar-refractivity contribution >= 4 is 35.0 Å². The van der Waals surface area contributed by atoms with E-state index in [1.54, 1.807) is 30.3 Å². The quantitative estimate of drug-likeness (QED) is 0.540. The minimum Gasteiger partial charge on any atom is -0.486 e. The van der Waals surface area contributed by atoms with Gasteiger partial charge in [-0.25, -0.2) is 4.39 Å². The molecule has 0 aliphatic heterocycles. The monoisotopic (exact) mass is 397 g/mol. The van der Waals surface area contributed by atoms with Crippen LogP contribution in [0.3, 0.4) is 0 Å². The standard InChI is InChI=1S/C17H14Cl2FN3OS/c1-23-16(9-24-14-6-3-12(18)4-7-14)21-22-17(23)25-10-11-2-5-13(20)8-15(11)19/h2-8H,9-10H2,1H3. The smallest absolute Gasteiger partial charge is 0.191 e. The van der Waals surface area contributed by atoms with Crippen LogP contribution in [0.1, 0.15) is 11.4 Å². The van der Waals surface area contributed by atoms with E-state index in [2.05, 4.69) is 10.2 Å². The number of benzene rings is 2. The molecule has 8 heteroatoms. The normalized spacial score (nSPS) is 10.9. The van der Waals surface area contributed by atoms with Gasteiger partial charge in [0.2, 0.25) is 0 Å². The molecule has 0 saturated carbocycles. The highest BCUT2D eigenvalue weighted by Gasteiger charge is 2.11. The highest BCUT2D eigenvalue weighted by molar-refractivity contribution is 7.98. The lowest BCUT2D eigenvalue weighted by molar-refractivity contribution is 0.290. The predicted molar refractivity (Wildman–Crippen MR) is 97.8 cm³/mol. The van der Waals surface area contributed by atoms with Gasteiger partial charge in [0.15, 0.2) is 11.0 Å². The molecule has 0 amide bonds. The number of hydrogen-bond donors (Lipinski definition) is 0. The Morgan fingerprint density at radius 2 is 1.88 bits per heavy atom. The summed E-state index contributed by atoms with van der Waals surface area (Å²) < 4.78 is 20.6. The first kappa shape index (κ1) is 18.0. The van der Waals surface area contributed by atoms with E-state index in [9.17, 15) is 4.39 Å². The third kappa shape index (κ3) is 4.66. The Hall–Kier alpha value is -1.76. The molecule has 1 heterocycles. The summed E-state index contributed by atoms with van der Waals surface area (Å²) in [6, 6.07) is 11.5. The van der Waals surface area contributed by atoms with Gasteiger partial charge in [-0.05, 0) is 42.0 Å². The molecule has 3 rings (SSSR count). The molecule has 0 bridgehead atoms. The van der Waals surface area contributed by atoms with Crippen molar-refractivity contribution in [3.05, 3.63) is 69.7 Å². The van der Waals surface area contributed by atoms with E-state index < -0.39 is 0 Å². The highest BCUT2D eigenvalue weighted by atomic mass is 35.5. The number of aromatic nitrogens is 3. The Bertz CT molecular complexity index is 871. The Kier molecular flexibility index (Phi) is 5.83. The molecular weight excluding hydrogens is 384 g/mol. The number of rotatable bonds is 6. The Balaban J connectivity index is 1.61. The molecule has 25 heavy (non-hydrogen) atoms. The van der Waals surface area contributed by atoms with Gasteiger partial charge in [-0.2, -0.15) is 0 Å². The van der Waals surface area contributed by atoms with Gasteiger partial charge in [-0.1, -0.05) is 41.0 Å². The summed E-state index contributed by atoms with van der Waals surface area (Å²) in [5.41, 5.74) is 0.843. The van der Waals surface area contributed by atoms with Crippen LogP contribution in [0, 0.1) is 5.82 Å². The molecule has 0 N–H and O–H groups in total. The molecule has 2 aromatic carbocycles. The summed E-state index contributed by atoms with van der Waals surface area (Å²) in [7, 11) is 1.87. The molecule has 0 aliphatic rings. The van der Waals surface area contributed by atoms with Gasteiger partial charge in [0, 0.05) is 22.8 Å². The summed E-state index contributed by atoms with van der Waals surface area (Å²) in [5.74, 6) is 1.63. The van der Waals surface area contributed by atoms with E-state index in [1.165, 1.54) is 23.9 Å². The van der Waals surface area contributed by atoms with E-state index >= 15 is 0 Å². The third-order valence-corrected chi connectivity index (χ3v) is 5.15. The van der Waals surface area contributed by atoms with Crippen molar-refractivity contribution in [3.63, 3.8) is 0 Å². The zero-order valence-electron chi connectivity index (χ0n) is 13.2. The fourth-order valence-corrected chi connectivity index (χ4v) is 3.43. The second kappa shape index (κ2) is 8.08. The fourth-order valence-electron chi connectivity index (χ4n) is 2.06. The zero-order valence-corrected chi connectivity index (χ0v) is 15.6. The molecular formula is C17H14Cl2FN3OS. The maximum absolute atomic E-state index is 13.1. The van der Waals surface area contributed by atoms with E-state index in [1.807, 2.05) is 11.6 Å². The molecule has 0 radical (unpaired) electrons. The molecule has 0 saturated heterocycles. The van der Waals surface area contributed by atoms with E-state index in [4.69, 9.17) is 27.9 Å². The van der Waals surface area contributed by atoms with Crippen LogP contribution in [0.4, 0.5) is 4.39 Å². The topological polar surface area (TPSA) is 39.9 Å². The minimum atomic E-state index is -0.348. The lowest BCUT2D eigenvalue weighted by Crippen LogP contribution is -2.04. The highest BCUT2D eigenvalue weighted by Crippen LogP contribution is 2.26. The van der Waals surface area contributed by atoms with Crippen LogP contribution in [0.2, 0.25) is 10.0 Å². The molecule has 0 aliphatic carbocycles. The van der Waals surface area contributed by atoms with Crippen LogP contribution in [-0.4, -0.2) is 14.8 Å². The third-order valence-electron chi connectivity index (χ3n) is 3.48. The molecule has 4 nitrogen and oxygen atoms in total. The molecule has 130 valence electrons. The fraction of sp³-hybridized carbons (Fsp3) is 0.176. The lowest BCUT2D eigenvalue weighted by Gasteiger charge is -2.07. The van der Waals surface area contributed by atoms with Crippen molar-refractivity contribution in [2.45, 2.75) is 17.5 Å². The first-order chi connectivity index (χ1) is 12.0. The average molecular weight is 398 g/mol. The van der Waals surface area contributed by atoms with Gasteiger partial charge in [0.1, 0.15) is 18.2 Å². The van der Waals surface area contributed by atoms with Crippen molar-refractivity contribution < 1.29 is 9.13 Å². The van der Waals surface area contributed by atoms with Crippen molar-refractivity contribution in [2.75, 3.05) is 0 Å². The first-order valence-corrected chi connectivity index (χ1v) is 9.10. The predicted octanol–water partition coefficient (Wildman–Crippen LogP) is 5.13. The maximum Gasteiger partial charge on any atom is 0.191 e. The van der Waals surface area contributed by atoms with E-state index in [0.717, 1.165) is 10.7 Å². The van der Waals surface area contributed by atoms with Crippen LogP contribution in [0.15, 0.2) is 47.6 Å². The van der Waals surface area contributed by atoms with E-state index in [0.29, 0.717) is 34.0 Å². The van der Waals surface area contributed by atoms with Crippen molar-refractivity contribution in [1.82, 2.24) is 14.8 Å². The first-order valence-electron chi connectivity index (χ1n) is 7.36. The Morgan fingerprint density at radius 3 is 2.60 bits per heavy atom. The summed E-state index contributed by atoms with van der Waals surface area (Å²) in [5, 5.41) is 10.1. The van der Waals surface area contributed by atoms with Crippen molar-refractivity contribution in [2.24, 2.45) is 7.05 Å². The lowest BCUT2D eigenvalue weighted by atomic mass is 10.2. The van der Waals surface area contributed by atoms with Crippen molar-refractivity contribution in [3.8, 4) is 5.75 Å². The van der Waals surface area contributed by atoms with Gasteiger partial charge in [-0.15, -0.1) is 10.2 Å². The second-order valence-corrected chi connectivity index (χ2v) is 7.01. The van der Waals surface area contributed by atoms with Gasteiger partial charge in [0.05, 0.1) is 0 Å². The number of halogens is 3. The number of nitrogens with zero attached hydrogens (tertiary/aromatic N) is 3. The molecule has 1 aromatic heterocycles. The van der Waals surface area contributed by atoms with Crippen LogP contribution in [0.5, 0.6) is 5.75 Å². The number of thioether (sulfide) groups is 1. The SMILES string of the molecule is Cn1c(COc2ccc(Cl)cc2)nnc1SCc1ccc(F)cc1Cl. The van der Waals surface area contributed by atoms with Crippen molar-refractivity contribution in [1.29, 1.82) is 0 Å². The molecule has 0 unspecified atom stereocenters.